The smallest absolute Gasteiger partial charge is 0.246 e. The molecule has 2 rings (SSSR count). The van der Waals surface area contributed by atoms with Crippen molar-refractivity contribution >= 4 is 11.8 Å². The Morgan fingerprint density at radius 2 is 2.18 bits per heavy atom. The van der Waals surface area contributed by atoms with Crippen molar-refractivity contribution in [1.29, 1.82) is 0 Å². The summed E-state index contributed by atoms with van der Waals surface area (Å²) >= 11 is 1.93. The Morgan fingerprint density at radius 3 is 2.76 bits per heavy atom. The number of thioether (sulfide) groups is 1. The molecule has 1 unspecified atom stereocenters. The molecule has 1 aliphatic rings. The van der Waals surface area contributed by atoms with E-state index in [0.29, 0.717) is 11.1 Å². The average Bonchev–Trinajstić information content (AvgIpc) is 2.89. The summed E-state index contributed by atoms with van der Waals surface area (Å²) in [7, 11) is 0. The molecule has 0 radical (unpaired) electrons. The topological polar surface area (TPSA) is 64.9 Å². The monoisotopic (exact) mass is 255 g/mol. The van der Waals surface area contributed by atoms with Crippen LogP contribution >= 0.6 is 11.8 Å². The maximum absolute atomic E-state index is 6.26. The molecule has 0 aromatic carbocycles. The van der Waals surface area contributed by atoms with E-state index >= 15 is 0 Å². The second-order valence-corrected chi connectivity index (χ2v) is 5.99. The highest BCUT2D eigenvalue weighted by Gasteiger charge is 2.31. The lowest BCUT2D eigenvalue weighted by molar-refractivity contribution is 0.266. The number of aromatic nitrogens is 2. The first kappa shape index (κ1) is 12.9. The maximum atomic E-state index is 6.26. The van der Waals surface area contributed by atoms with Gasteiger partial charge in [0.15, 0.2) is 5.82 Å². The van der Waals surface area contributed by atoms with Crippen LogP contribution in [0.3, 0.4) is 0 Å². The molecule has 0 amide bonds. The lowest BCUT2D eigenvalue weighted by Crippen LogP contribution is -2.35. The fourth-order valence-electron chi connectivity index (χ4n) is 2.06. The summed E-state index contributed by atoms with van der Waals surface area (Å²) in [6.45, 7) is 4.12. The highest BCUT2D eigenvalue weighted by atomic mass is 32.2. The van der Waals surface area contributed by atoms with Gasteiger partial charge in [0.1, 0.15) is 0 Å². The minimum atomic E-state index is -0.454. The fraction of sp³-hybridized carbons (Fsp3) is 0.833. The van der Waals surface area contributed by atoms with Gasteiger partial charge in [-0.2, -0.15) is 16.7 Å². The number of hydrogen-bond acceptors (Lipinski definition) is 5. The molecular weight excluding hydrogens is 234 g/mol. The molecule has 0 aliphatic carbocycles. The highest BCUT2D eigenvalue weighted by molar-refractivity contribution is 7.99. The van der Waals surface area contributed by atoms with Gasteiger partial charge in [-0.1, -0.05) is 25.4 Å². The van der Waals surface area contributed by atoms with Crippen LogP contribution in [0.25, 0.3) is 0 Å². The summed E-state index contributed by atoms with van der Waals surface area (Å²) in [6, 6.07) is 0. The van der Waals surface area contributed by atoms with Crippen molar-refractivity contribution in [2.75, 3.05) is 5.75 Å². The van der Waals surface area contributed by atoms with Gasteiger partial charge >= 0.3 is 0 Å². The van der Waals surface area contributed by atoms with Gasteiger partial charge in [0.2, 0.25) is 5.89 Å². The van der Waals surface area contributed by atoms with E-state index in [9.17, 15) is 0 Å². The highest BCUT2D eigenvalue weighted by Crippen LogP contribution is 2.37. The lowest BCUT2D eigenvalue weighted by atomic mass is 9.94. The van der Waals surface area contributed by atoms with E-state index in [0.717, 1.165) is 25.1 Å². The minimum absolute atomic E-state index is 0.402. The lowest BCUT2D eigenvalue weighted by Gasteiger charge is -2.21. The number of nitrogens with zero attached hydrogens (tertiary/aromatic N) is 2. The van der Waals surface area contributed by atoms with Crippen molar-refractivity contribution in [1.82, 2.24) is 10.1 Å². The zero-order valence-corrected chi connectivity index (χ0v) is 11.4. The second-order valence-electron chi connectivity index (χ2n) is 4.68. The third-order valence-corrected chi connectivity index (χ3v) is 4.97. The van der Waals surface area contributed by atoms with E-state index < -0.39 is 5.54 Å². The van der Waals surface area contributed by atoms with Crippen LogP contribution in [0, 0.1) is 0 Å². The molecule has 5 heteroatoms. The van der Waals surface area contributed by atoms with Crippen LogP contribution in [0.1, 0.15) is 62.9 Å². The molecule has 4 nitrogen and oxygen atoms in total. The molecule has 1 aromatic heterocycles. The third-order valence-electron chi connectivity index (χ3n) is 3.60. The van der Waals surface area contributed by atoms with E-state index in [4.69, 9.17) is 10.3 Å². The fourth-order valence-corrected chi connectivity index (χ4v) is 3.30. The molecule has 1 atom stereocenters. The molecule has 1 aromatic rings. The number of rotatable bonds is 4. The van der Waals surface area contributed by atoms with Crippen molar-refractivity contribution in [2.45, 2.75) is 56.7 Å². The van der Waals surface area contributed by atoms with Crippen molar-refractivity contribution in [3.05, 3.63) is 11.7 Å². The quantitative estimate of drug-likeness (QED) is 0.896. The van der Waals surface area contributed by atoms with Gasteiger partial charge in [0.25, 0.3) is 0 Å². The Balaban J connectivity index is 2.14. The normalized spacial score (nSPS) is 21.7. The zero-order chi connectivity index (χ0) is 12.3. The largest absolute Gasteiger partial charge is 0.337 e. The van der Waals surface area contributed by atoms with Crippen LogP contribution in [0.2, 0.25) is 0 Å². The number of hydrogen-bond donors (Lipinski definition) is 1. The van der Waals surface area contributed by atoms with Crippen LogP contribution < -0.4 is 5.73 Å². The maximum Gasteiger partial charge on any atom is 0.246 e. The van der Waals surface area contributed by atoms with Gasteiger partial charge < -0.3 is 10.3 Å². The van der Waals surface area contributed by atoms with Gasteiger partial charge in [0, 0.05) is 0 Å². The Hall–Kier alpha value is -0.550. The zero-order valence-electron chi connectivity index (χ0n) is 10.6. The first-order chi connectivity index (χ1) is 8.19. The molecule has 2 N–H and O–H groups in total. The summed E-state index contributed by atoms with van der Waals surface area (Å²) < 4.78 is 5.37. The van der Waals surface area contributed by atoms with E-state index in [2.05, 4.69) is 24.0 Å². The Bertz CT molecular complexity index is 356. The van der Waals surface area contributed by atoms with Crippen LogP contribution in [0.15, 0.2) is 4.52 Å². The van der Waals surface area contributed by atoms with E-state index in [1.165, 1.54) is 18.6 Å². The predicted molar refractivity (Wildman–Crippen MR) is 69.8 cm³/mol. The van der Waals surface area contributed by atoms with Gasteiger partial charge in [-0.3, -0.25) is 0 Å². The summed E-state index contributed by atoms with van der Waals surface area (Å²) in [5, 5.41) is 4.52. The molecular formula is C12H21N3OS. The minimum Gasteiger partial charge on any atom is -0.337 e. The molecule has 1 aliphatic heterocycles. The second kappa shape index (κ2) is 5.40. The molecule has 96 valence electrons. The summed E-state index contributed by atoms with van der Waals surface area (Å²) in [5.74, 6) is 2.63. The van der Waals surface area contributed by atoms with Crippen LogP contribution in [0.5, 0.6) is 0 Å². The summed E-state index contributed by atoms with van der Waals surface area (Å²) in [4.78, 5) is 4.52. The summed E-state index contributed by atoms with van der Waals surface area (Å²) in [6.07, 6.45) is 5.36. The Labute approximate surface area is 107 Å². The van der Waals surface area contributed by atoms with Gasteiger partial charge in [-0.05, 0) is 31.4 Å². The standard InChI is InChI=1S/C12H21N3OS/c1-3-12(13,4-2)11-14-10(15-16-11)9-7-5-6-8-17-9/h9H,3-8,13H2,1-2H3. The van der Waals surface area contributed by atoms with E-state index in [-0.39, 0.29) is 0 Å². The van der Waals surface area contributed by atoms with Gasteiger partial charge in [-0.15, -0.1) is 0 Å². The van der Waals surface area contributed by atoms with Crippen molar-refractivity contribution < 1.29 is 4.52 Å². The molecule has 2 heterocycles. The first-order valence-electron chi connectivity index (χ1n) is 6.44. The SMILES string of the molecule is CCC(N)(CC)c1nc(C2CCCCS2)no1. The number of nitrogens with two attached hydrogens (primary N) is 1. The van der Waals surface area contributed by atoms with Crippen molar-refractivity contribution in [2.24, 2.45) is 5.73 Å². The molecule has 17 heavy (non-hydrogen) atoms. The van der Waals surface area contributed by atoms with E-state index in [1.807, 2.05) is 11.8 Å². The van der Waals surface area contributed by atoms with Crippen LogP contribution in [-0.4, -0.2) is 15.9 Å². The third kappa shape index (κ3) is 2.65. The first-order valence-corrected chi connectivity index (χ1v) is 7.49. The molecule has 0 spiro atoms. The Kier molecular flexibility index (Phi) is 4.09. The Morgan fingerprint density at radius 1 is 1.41 bits per heavy atom. The molecule has 1 saturated heterocycles. The molecule has 0 bridgehead atoms. The van der Waals surface area contributed by atoms with Gasteiger partial charge in [0.05, 0.1) is 10.8 Å². The molecule has 1 fully saturated rings. The van der Waals surface area contributed by atoms with Gasteiger partial charge in [-0.25, -0.2) is 0 Å². The van der Waals surface area contributed by atoms with Crippen LogP contribution in [0.4, 0.5) is 0 Å². The van der Waals surface area contributed by atoms with Crippen molar-refractivity contribution in [3.8, 4) is 0 Å². The van der Waals surface area contributed by atoms with Crippen LogP contribution in [-0.2, 0) is 5.54 Å². The molecule has 0 saturated carbocycles. The predicted octanol–water partition coefficient (Wildman–Crippen LogP) is 3.00. The average molecular weight is 255 g/mol. The van der Waals surface area contributed by atoms with Crippen molar-refractivity contribution in [3.63, 3.8) is 0 Å². The summed E-state index contributed by atoms with van der Waals surface area (Å²) in [5.41, 5.74) is 5.80. The van der Waals surface area contributed by atoms with E-state index in [1.54, 1.807) is 0 Å².